The van der Waals surface area contributed by atoms with E-state index in [-0.39, 0.29) is 18.3 Å². The van der Waals surface area contributed by atoms with E-state index in [1.54, 1.807) is 24.0 Å². The molecule has 1 atom stereocenters. The molecule has 0 radical (unpaired) electrons. The second-order valence-electron chi connectivity index (χ2n) is 6.83. The highest BCUT2D eigenvalue weighted by atomic mass is 32.1. The van der Waals surface area contributed by atoms with Crippen molar-refractivity contribution >= 4 is 23.2 Å². The lowest BCUT2D eigenvalue weighted by Gasteiger charge is -2.37. The van der Waals surface area contributed by atoms with E-state index in [9.17, 15) is 19.1 Å². The number of likely N-dealkylation sites (tertiary alicyclic amines) is 1. The van der Waals surface area contributed by atoms with E-state index in [0.29, 0.717) is 24.3 Å². The number of carbonyl (C=O) groups is 2. The molecule has 0 bridgehead atoms. The van der Waals surface area contributed by atoms with E-state index in [0.717, 1.165) is 16.0 Å². The Bertz CT molecular complexity index is 815. The summed E-state index contributed by atoms with van der Waals surface area (Å²) in [5.74, 6) is -1.29. The molecule has 0 spiro atoms. The Morgan fingerprint density at radius 1 is 1.28 bits per heavy atom. The molecule has 6 heteroatoms. The van der Waals surface area contributed by atoms with Crippen LogP contribution in [0, 0.1) is 18.2 Å². The summed E-state index contributed by atoms with van der Waals surface area (Å²) in [4.78, 5) is 27.5. The zero-order valence-electron chi connectivity index (χ0n) is 14.2. The van der Waals surface area contributed by atoms with Crippen molar-refractivity contribution in [2.24, 2.45) is 5.41 Å². The minimum absolute atomic E-state index is 0.131. The molecular formula is C19H20FNO3S. The lowest BCUT2D eigenvalue weighted by Crippen LogP contribution is -2.48. The SMILES string of the molecule is Cc1cc(C(=O)N2CCCC(C)(C(=O)O)C2)sc1-c1ccc(F)cc1. The van der Waals surface area contributed by atoms with Crippen LogP contribution < -0.4 is 0 Å². The maximum absolute atomic E-state index is 13.1. The van der Waals surface area contributed by atoms with Crippen LogP contribution in [0.5, 0.6) is 0 Å². The van der Waals surface area contributed by atoms with Crippen molar-refractivity contribution in [3.05, 3.63) is 46.6 Å². The van der Waals surface area contributed by atoms with Crippen LogP contribution in [0.15, 0.2) is 30.3 Å². The summed E-state index contributed by atoms with van der Waals surface area (Å²) in [5, 5.41) is 9.42. The van der Waals surface area contributed by atoms with Gasteiger partial charge in [0.2, 0.25) is 0 Å². The van der Waals surface area contributed by atoms with Crippen LogP contribution in [0.2, 0.25) is 0 Å². The molecule has 1 aliphatic rings. The van der Waals surface area contributed by atoms with E-state index in [1.165, 1.54) is 23.5 Å². The number of carboxylic acids is 1. The van der Waals surface area contributed by atoms with Gasteiger partial charge >= 0.3 is 5.97 Å². The Morgan fingerprint density at radius 3 is 2.60 bits per heavy atom. The maximum atomic E-state index is 13.1. The molecule has 1 unspecified atom stereocenters. The molecule has 1 saturated heterocycles. The Balaban J connectivity index is 1.85. The summed E-state index contributed by atoms with van der Waals surface area (Å²) < 4.78 is 13.1. The minimum Gasteiger partial charge on any atom is -0.481 e. The van der Waals surface area contributed by atoms with Gasteiger partial charge in [0.1, 0.15) is 5.82 Å². The van der Waals surface area contributed by atoms with Gasteiger partial charge in [0, 0.05) is 18.0 Å². The molecule has 0 aliphatic carbocycles. The molecule has 3 rings (SSSR count). The Kier molecular flexibility index (Phi) is 4.64. The molecule has 1 N–H and O–H groups in total. The first kappa shape index (κ1) is 17.6. The summed E-state index contributed by atoms with van der Waals surface area (Å²) in [6.45, 7) is 4.41. The van der Waals surface area contributed by atoms with Gasteiger partial charge < -0.3 is 10.0 Å². The average molecular weight is 361 g/mol. The van der Waals surface area contributed by atoms with Crippen molar-refractivity contribution < 1.29 is 19.1 Å². The number of carbonyl (C=O) groups excluding carboxylic acids is 1. The van der Waals surface area contributed by atoms with E-state index in [4.69, 9.17) is 0 Å². The highest BCUT2D eigenvalue weighted by Crippen LogP contribution is 2.35. The third-order valence-corrected chi connectivity index (χ3v) is 6.01. The average Bonchev–Trinajstić information content (AvgIpc) is 2.96. The lowest BCUT2D eigenvalue weighted by molar-refractivity contribution is -0.150. The van der Waals surface area contributed by atoms with Gasteiger partial charge in [-0.1, -0.05) is 12.1 Å². The quantitative estimate of drug-likeness (QED) is 0.892. The first-order chi connectivity index (χ1) is 11.8. The lowest BCUT2D eigenvalue weighted by atomic mass is 9.82. The fourth-order valence-corrected chi connectivity index (χ4v) is 4.36. The number of piperidine rings is 1. The number of aryl methyl sites for hydroxylation is 1. The fourth-order valence-electron chi connectivity index (χ4n) is 3.22. The van der Waals surface area contributed by atoms with Gasteiger partial charge in [-0.2, -0.15) is 0 Å². The van der Waals surface area contributed by atoms with Crippen LogP contribution in [0.4, 0.5) is 4.39 Å². The molecule has 25 heavy (non-hydrogen) atoms. The van der Waals surface area contributed by atoms with Crippen molar-refractivity contribution in [2.45, 2.75) is 26.7 Å². The Morgan fingerprint density at radius 2 is 1.96 bits per heavy atom. The molecule has 2 aromatic rings. The molecule has 2 heterocycles. The van der Waals surface area contributed by atoms with Crippen LogP contribution in [0.3, 0.4) is 0 Å². The van der Waals surface area contributed by atoms with E-state index >= 15 is 0 Å². The molecular weight excluding hydrogens is 341 g/mol. The monoisotopic (exact) mass is 361 g/mol. The Labute approximate surface area is 149 Å². The molecule has 4 nitrogen and oxygen atoms in total. The van der Waals surface area contributed by atoms with Crippen molar-refractivity contribution in [3.8, 4) is 10.4 Å². The van der Waals surface area contributed by atoms with Crippen molar-refractivity contribution in [1.82, 2.24) is 4.90 Å². The molecule has 1 amide bonds. The number of thiophene rings is 1. The second kappa shape index (κ2) is 6.59. The van der Waals surface area contributed by atoms with Gasteiger partial charge in [-0.25, -0.2) is 4.39 Å². The molecule has 0 saturated carbocycles. The smallest absolute Gasteiger partial charge is 0.311 e. The van der Waals surface area contributed by atoms with Crippen LogP contribution in [-0.4, -0.2) is 35.0 Å². The second-order valence-corrected chi connectivity index (χ2v) is 7.88. The topological polar surface area (TPSA) is 57.6 Å². The first-order valence-electron chi connectivity index (χ1n) is 8.19. The Hall–Kier alpha value is -2.21. The van der Waals surface area contributed by atoms with Gasteiger partial charge in [0.05, 0.1) is 10.3 Å². The highest BCUT2D eigenvalue weighted by molar-refractivity contribution is 7.17. The van der Waals surface area contributed by atoms with Crippen molar-refractivity contribution in [2.75, 3.05) is 13.1 Å². The van der Waals surface area contributed by atoms with Crippen molar-refractivity contribution in [3.63, 3.8) is 0 Å². The highest BCUT2D eigenvalue weighted by Gasteiger charge is 2.39. The van der Waals surface area contributed by atoms with Gasteiger partial charge in [-0.15, -0.1) is 11.3 Å². The molecule has 1 fully saturated rings. The third-order valence-electron chi connectivity index (χ3n) is 4.73. The van der Waals surface area contributed by atoms with Gasteiger partial charge in [0.15, 0.2) is 0 Å². The molecule has 1 aliphatic heterocycles. The van der Waals surface area contributed by atoms with Gasteiger partial charge in [-0.3, -0.25) is 9.59 Å². The normalized spacial score (nSPS) is 20.5. The van der Waals surface area contributed by atoms with E-state index < -0.39 is 11.4 Å². The van der Waals surface area contributed by atoms with E-state index in [1.807, 2.05) is 13.0 Å². The van der Waals surface area contributed by atoms with Gasteiger partial charge in [0.25, 0.3) is 5.91 Å². The maximum Gasteiger partial charge on any atom is 0.311 e. The van der Waals surface area contributed by atoms with E-state index in [2.05, 4.69) is 0 Å². The standard InChI is InChI=1S/C19H20FNO3S/c1-12-10-15(25-16(12)13-4-6-14(20)7-5-13)17(22)21-9-3-8-19(2,11-21)18(23)24/h4-7,10H,3,8-9,11H2,1-2H3,(H,23,24). The molecule has 1 aromatic carbocycles. The number of rotatable bonds is 3. The number of amides is 1. The first-order valence-corrected chi connectivity index (χ1v) is 9.01. The van der Waals surface area contributed by atoms with Crippen LogP contribution >= 0.6 is 11.3 Å². The molecule has 132 valence electrons. The van der Waals surface area contributed by atoms with Crippen molar-refractivity contribution in [1.29, 1.82) is 0 Å². The zero-order valence-corrected chi connectivity index (χ0v) is 15.0. The van der Waals surface area contributed by atoms with Crippen LogP contribution in [-0.2, 0) is 4.79 Å². The number of benzene rings is 1. The number of aliphatic carboxylic acids is 1. The van der Waals surface area contributed by atoms with Gasteiger partial charge in [-0.05, 0) is 56.0 Å². The van der Waals surface area contributed by atoms with Crippen LogP contribution in [0.1, 0.15) is 35.0 Å². The zero-order chi connectivity index (χ0) is 18.2. The minimum atomic E-state index is -0.889. The third kappa shape index (κ3) is 3.44. The number of carboxylic acid groups (broad SMARTS) is 1. The largest absolute Gasteiger partial charge is 0.481 e. The fraction of sp³-hybridized carbons (Fsp3) is 0.368. The summed E-state index contributed by atoms with van der Waals surface area (Å²) in [5.41, 5.74) is 0.940. The number of hydrogen-bond acceptors (Lipinski definition) is 3. The number of hydrogen-bond donors (Lipinski definition) is 1. The number of nitrogens with zero attached hydrogens (tertiary/aromatic N) is 1. The van der Waals surface area contributed by atoms with Crippen LogP contribution in [0.25, 0.3) is 10.4 Å². The summed E-state index contributed by atoms with van der Waals surface area (Å²) >= 11 is 1.37. The summed E-state index contributed by atoms with van der Waals surface area (Å²) in [7, 11) is 0. The predicted octanol–water partition coefficient (Wildman–Crippen LogP) is 4.19. The molecule has 1 aromatic heterocycles. The summed E-state index contributed by atoms with van der Waals surface area (Å²) in [6.07, 6.45) is 1.26. The summed E-state index contributed by atoms with van der Waals surface area (Å²) in [6, 6.07) is 8.03. The predicted molar refractivity (Wildman–Crippen MR) is 95.3 cm³/mol. The number of halogens is 1.